The summed E-state index contributed by atoms with van der Waals surface area (Å²) in [6.45, 7) is 6.78. The maximum atomic E-state index is 12.4. The summed E-state index contributed by atoms with van der Waals surface area (Å²) in [5.74, 6) is -0.0956. The third-order valence-electron chi connectivity index (χ3n) is 2.96. The van der Waals surface area contributed by atoms with Crippen molar-refractivity contribution in [1.29, 1.82) is 0 Å². The Morgan fingerprint density at radius 3 is 2.19 bits per heavy atom. The Hall–Kier alpha value is -1.62. The quantitative estimate of drug-likeness (QED) is 0.486. The third-order valence-corrected chi connectivity index (χ3v) is 2.96. The number of hydrogen-bond donors (Lipinski definition) is 1. The van der Waals surface area contributed by atoms with Gasteiger partial charge in [0, 0.05) is 33.4 Å². The van der Waals surface area contributed by atoms with Crippen LogP contribution >= 0.6 is 0 Å². The Morgan fingerprint density at radius 2 is 1.76 bits per heavy atom. The Balaban J connectivity index is 0.00000191. The summed E-state index contributed by atoms with van der Waals surface area (Å²) >= 11 is 0. The van der Waals surface area contributed by atoms with E-state index in [0.29, 0.717) is 37.1 Å². The van der Waals surface area contributed by atoms with E-state index in [-0.39, 0.29) is 12.0 Å². The molecular formula is C16H28N2O3. The molecule has 0 spiro atoms. The molecule has 1 N–H and O–H groups in total. The monoisotopic (exact) mass is 296 g/mol. The van der Waals surface area contributed by atoms with Crippen LogP contribution in [0.25, 0.3) is 0 Å². The SMILES string of the molecule is C/C(C=O)=C/C(=C\N(C)C)C(=O)N1CCC(O)CC1.CC. The topological polar surface area (TPSA) is 60.9 Å². The average molecular weight is 296 g/mol. The van der Waals surface area contributed by atoms with Crippen LogP contribution in [0.3, 0.4) is 0 Å². The van der Waals surface area contributed by atoms with Gasteiger partial charge in [0.2, 0.25) is 0 Å². The first-order valence-electron chi connectivity index (χ1n) is 7.43. The summed E-state index contributed by atoms with van der Waals surface area (Å²) in [5, 5.41) is 9.46. The van der Waals surface area contributed by atoms with E-state index in [1.165, 1.54) is 0 Å². The number of carbonyl (C=O) groups is 2. The number of amides is 1. The zero-order chi connectivity index (χ0) is 16.4. The van der Waals surface area contributed by atoms with Crippen LogP contribution in [0.5, 0.6) is 0 Å². The molecule has 0 aliphatic carbocycles. The fraction of sp³-hybridized carbons (Fsp3) is 0.625. The fourth-order valence-electron chi connectivity index (χ4n) is 1.96. The van der Waals surface area contributed by atoms with Gasteiger partial charge in [-0.25, -0.2) is 0 Å². The van der Waals surface area contributed by atoms with Crippen molar-refractivity contribution in [3.63, 3.8) is 0 Å². The number of carbonyl (C=O) groups excluding carboxylic acids is 2. The second-order valence-corrected chi connectivity index (χ2v) is 5.08. The minimum atomic E-state index is -0.308. The van der Waals surface area contributed by atoms with Crippen molar-refractivity contribution in [1.82, 2.24) is 9.80 Å². The van der Waals surface area contributed by atoms with Gasteiger partial charge in [-0.15, -0.1) is 0 Å². The van der Waals surface area contributed by atoms with Crippen LogP contribution < -0.4 is 0 Å². The van der Waals surface area contributed by atoms with Crippen LogP contribution in [-0.2, 0) is 9.59 Å². The summed E-state index contributed by atoms with van der Waals surface area (Å²) in [4.78, 5) is 26.6. The number of piperidine rings is 1. The van der Waals surface area contributed by atoms with Crippen LogP contribution in [0.2, 0.25) is 0 Å². The Bertz CT molecular complexity index is 392. The van der Waals surface area contributed by atoms with Gasteiger partial charge in [-0.2, -0.15) is 0 Å². The first kappa shape index (κ1) is 19.4. The maximum Gasteiger partial charge on any atom is 0.255 e. The lowest BCUT2D eigenvalue weighted by Crippen LogP contribution is -2.40. The van der Waals surface area contributed by atoms with Gasteiger partial charge in [-0.1, -0.05) is 13.8 Å². The molecule has 5 nitrogen and oxygen atoms in total. The summed E-state index contributed by atoms with van der Waals surface area (Å²) < 4.78 is 0. The van der Waals surface area contributed by atoms with Gasteiger partial charge in [0.1, 0.15) is 6.29 Å². The van der Waals surface area contributed by atoms with Crippen LogP contribution in [0.15, 0.2) is 23.4 Å². The molecule has 0 aromatic heterocycles. The van der Waals surface area contributed by atoms with Crippen LogP contribution in [0, 0.1) is 0 Å². The van der Waals surface area contributed by atoms with Crippen molar-refractivity contribution >= 4 is 12.2 Å². The van der Waals surface area contributed by atoms with Gasteiger partial charge in [0.05, 0.1) is 11.7 Å². The lowest BCUT2D eigenvalue weighted by atomic mass is 10.1. The number of nitrogens with zero attached hydrogens (tertiary/aromatic N) is 2. The molecule has 0 aromatic rings. The lowest BCUT2D eigenvalue weighted by molar-refractivity contribution is -0.128. The third kappa shape index (κ3) is 7.09. The highest BCUT2D eigenvalue weighted by atomic mass is 16.3. The maximum absolute atomic E-state index is 12.4. The lowest BCUT2D eigenvalue weighted by Gasteiger charge is -2.30. The summed E-state index contributed by atoms with van der Waals surface area (Å²) in [7, 11) is 3.66. The molecule has 0 radical (unpaired) electrons. The second kappa shape index (κ2) is 10.2. The molecule has 1 rings (SSSR count). The van der Waals surface area contributed by atoms with Crippen molar-refractivity contribution in [3.8, 4) is 0 Å². The largest absolute Gasteiger partial charge is 0.393 e. The minimum Gasteiger partial charge on any atom is -0.393 e. The molecule has 0 saturated carbocycles. The molecule has 5 heteroatoms. The van der Waals surface area contributed by atoms with Crippen molar-refractivity contribution in [2.75, 3.05) is 27.2 Å². The zero-order valence-electron chi connectivity index (χ0n) is 13.8. The van der Waals surface area contributed by atoms with E-state index in [1.807, 2.05) is 27.9 Å². The van der Waals surface area contributed by atoms with Gasteiger partial charge < -0.3 is 14.9 Å². The van der Waals surface area contributed by atoms with E-state index in [0.717, 1.165) is 6.29 Å². The van der Waals surface area contributed by atoms with Crippen LogP contribution in [0.4, 0.5) is 0 Å². The number of hydrogen-bond acceptors (Lipinski definition) is 4. The highest BCUT2D eigenvalue weighted by Gasteiger charge is 2.23. The standard InChI is InChI=1S/C14H22N2O3.C2H6/c1-11(10-17)8-12(9-15(2)3)14(19)16-6-4-13(18)5-7-16;1-2/h8-10,13,18H,4-7H2,1-3H3;1-2H3/b11-8-,12-9+;. The van der Waals surface area contributed by atoms with Crippen molar-refractivity contribution in [2.45, 2.75) is 39.7 Å². The average Bonchev–Trinajstić information content (AvgIpc) is 2.48. The highest BCUT2D eigenvalue weighted by Crippen LogP contribution is 2.14. The number of likely N-dealkylation sites (tertiary alicyclic amines) is 1. The van der Waals surface area contributed by atoms with E-state index in [1.54, 1.807) is 29.0 Å². The predicted molar refractivity (Wildman–Crippen MR) is 84.8 cm³/mol. The van der Waals surface area contributed by atoms with Crippen LogP contribution in [0.1, 0.15) is 33.6 Å². The number of aliphatic hydroxyl groups excluding tert-OH is 1. The molecule has 21 heavy (non-hydrogen) atoms. The van der Waals surface area contributed by atoms with E-state index in [4.69, 9.17) is 0 Å². The van der Waals surface area contributed by atoms with Gasteiger partial charge in [-0.3, -0.25) is 9.59 Å². The minimum absolute atomic E-state index is 0.0956. The molecule has 1 heterocycles. The van der Waals surface area contributed by atoms with E-state index in [2.05, 4.69) is 0 Å². The fourth-order valence-corrected chi connectivity index (χ4v) is 1.96. The van der Waals surface area contributed by atoms with Gasteiger partial charge in [0.15, 0.2) is 0 Å². The zero-order valence-corrected chi connectivity index (χ0v) is 13.8. The molecule has 1 aliphatic rings. The molecule has 0 atom stereocenters. The number of rotatable bonds is 4. The van der Waals surface area contributed by atoms with Crippen molar-refractivity contribution in [3.05, 3.63) is 23.4 Å². The van der Waals surface area contributed by atoms with Gasteiger partial charge in [0.25, 0.3) is 5.91 Å². The molecule has 1 amide bonds. The molecule has 1 saturated heterocycles. The second-order valence-electron chi connectivity index (χ2n) is 5.08. The summed E-state index contributed by atoms with van der Waals surface area (Å²) in [6, 6.07) is 0. The highest BCUT2D eigenvalue weighted by molar-refractivity contribution is 5.97. The molecule has 1 aliphatic heterocycles. The van der Waals surface area contributed by atoms with Crippen molar-refractivity contribution in [2.24, 2.45) is 0 Å². The van der Waals surface area contributed by atoms with Crippen LogP contribution in [-0.4, -0.2) is 60.4 Å². The molecule has 120 valence electrons. The van der Waals surface area contributed by atoms with Gasteiger partial charge in [-0.05, 0) is 31.4 Å². The number of aldehydes is 1. The van der Waals surface area contributed by atoms with E-state index >= 15 is 0 Å². The summed E-state index contributed by atoms with van der Waals surface area (Å²) in [6.07, 6.45) is 4.95. The molecule has 0 bridgehead atoms. The normalized spacial score (nSPS) is 17.0. The molecular weight excluding hydrogens is 268 g/mol. The molecule has 0 unspecified atom stereocenters. The number of allylic oxidation sites excluding steroid dienone is 1. The smallest absolute Gasteiger partial charge is 0.255 e. The molecule has 1 fully saturated rings. The van der Waals surface area contributed by atoms with E-state index in [9.17, 15) is 14.7 Å². The van der Waals surface area contributed by atoms with E-state index < -0.39 is 0 Å². The first-order valence-corrected chi connectivity index (χ1v) is 7.43. The summed E-state index contributed by atoms with van der Waals surface area (Å²) in [5.41, 5.74) is 1.00. The van der Waals surface area contributed by atoms with Gasteiger partial charge >= 0.3 is 0 Å². The number of aliphatic hydroxyl groups is 1. The first-order chi connectivity index (χ1) is 9.93. The van der Waals surface area contributed by atoms with Crippen molar-refractivity contribution < 1.29 is 14.7 Å². The molecule has 0 aromatic carbocycles. The Morgan fingerprint density at radius 1 is 1.24 bits per heavy atom. The Kier molecular flexibility index (Phi) is 9.37. The predicted octanol–water partition coefficient (Wildman–Crippen LogP) is 1.59. The Labute approximate surface area is 127 Å².